The normalized spacial score (nSPS) is 13.8. The molecule has 8 heteroatoms. The van der Waals surface area contributed by atoms with Crippen LogP contribution in [0.2, 0.25) is 0 Å². The topological polar surface area (TPSA) is 118 Å². The van der Waals surface area contributed by atoms with E-state index in [4.69, 9.17) is 4.74 Å². The van der Waals surface area contributed by atoms with Gasteiger partial charge < -0.3 is 25.0 Å². The van der Waals surface area contributed by atoms with E-state index in [-0.39, 0.29) is 17.8 Å². The molecule has 0 aromatic carbocycles. The SMILES string of the molecule is COC(=O)c1cc(C(O)C(O)CNC(=O)OC(C)(C)C)ccn1. The number of rotatable bonds is 5. The molecule has 3 N–H and O–H groups in total. The minimum absolute atomic E-state index is 0.0105. The van der Waals surface area contributed by atoms with Crippen LogP contribution in [0.4, 0.5) is 4.79 Å². The zero-order chi connectivity index (χ0) is 17.6. The summed E-state index contributed by atoms with van der Waals surface area (Å²) in [5, 5.41) is 22.4. The van der Waals surface area contributed by atoms with Gasteiger partial charge in [0.1, 0.15) is 23.5 Å². The first-order chi connectivity index (χ1) is 10.6. The van der Waals surface area contributed by atoms with Crippen molar-refractivity contribution < 1.29 is 29.3 Å². The van der Waals surface area contributed by atoms with Crippen LogP contribution in [0.5, 0.6) is 0 Å². The van der Waals surface area contributed by atoms with Gasteiger partial charge in [-0.2, -0.15) is 0 Å². The second-order valence-corrected chi connectivity index (χ2v) is 5.86. The van der Waals surface area contributed by atoms with Crippen molar-refractivity contribution >= 4 is 12.1 Å². The second-order valence-electron chi connectivity index (χ2n) is 5.86. The van der Waals surface area contributed by atoms with E-state index in [0.29, 0.717) is 0 Å². The van der Waals surface area contributed by atoms with Gasteiger partial charge in [-0.05, 0) is 38.5 Å². The zero-order valence-electron chi connectivity index (χ0n) is 13.6. The van der Waals surface area contributed by atoms with E-state index in [1.54, 1.807) is 20.8 Å². The maximum Gasteiger partial charge on any atom is 0.407 e. The summed E-state index contributed by atoms with van der Waals surface area (Å²) in [6.07, 6.45) is -1.97. The number of aromatic nitrogens is 1. The fraction of sp³-hybridized carbons (Fsp3) is 0.533. The number of amides is 1. The number of pyridine rings is 1. The highest BCUT2D eigenvalue weighted by Gasteiger charge is 2.22. The number of carbonyl (C=O) groups is 2. The van der Waals surface area contributed by atoms with Crippen molar-refractivity contribution in [3.63, 3.8) is 0 Å². The van der Waals surface area contributed by atoms with Crippen molar-refractivity contribution in [2.24, 2.45) is 0 Å². The lowest BCUT2D eigenvalue weighted by Crippen LogP contribution is -2.38. The molecule has 0 saturated heterocycles. The number of hydrogen-bond donors (Lipinski definition) is 3. The highest BCUT2D eigenvalue weighted by Crippen LogP contribution is 2.17. The van der Waals surface area contributed by atoms with Gasteiger partial charge in [-0.25, -0.2) is 14.6 Å². The molecule has 0 spiro atoms. The number of aliphatic hydroxyl groups excluding tert-OH is 2. The molecule has 1 rings (SSSR count). The monoisotopic (exact) mass is 326 g/mol. The van der Waals surface area contributed by atoms with E-state index in [2.05, 4.69) is 15.0 Å². The molecule has 8 nitrogen and oxygen atoms in total. The predicted octanol–water partition coefficient (Wildman–Crippen LogP) is 0.787. The first-order valence-corrected chi connectivity index (χ1v) is 7.01. The Hall–Kier alpha value is -2.19. The number of esters is 1. The summed E-state index contributed by atoms with van der Waals surface area (Å²) in [6.45, 7) is 4.92. The van der Waals surface area contributed by atoms with Crippen molar-refractivity contribution in [2.45, 2.75) is 38.6 Å². The highest BCUT2D eigenvalue weighted by atomic mass is 16.6. The van der Waals surface area contributed by atoms with E-state index in [9.17, 15) is 19.8 Å². The van der Waals surface area contributed by atoms with Crippen LogP contribution in [0, 0.1) is 0 Å². The molecule has 1 amide bonds. The maximum atomic E-state index is 11.5. The Morgan fingerprint density at radius 3 is 2.57 bits per heavy atom. The minimum Gasteiger partial charge on any atom is -0.464 e. The Morgan fingerprint density at radius 2 is 2.00 bits per heavy atom. The summed E-state index contributed by atoms with van der Waals surface area (Å²) in [5.74, 6) is -0.652. The smallest absolute Gasteiger partial charge is 0.407 e. The summed E-state index contributed by atoms with van der Waals surface area (Å²) < 4.78 is 9.56. The molecule has 1 aromatic rings. The van der Waals surface area contributed by atoms with Crippen LogP contribution in [0.1, 0.15) is 42.9 Å². The van der Waals surface area contributed by atoms with Crippen LogP contribution in [0.15, 0.2) is 18.3 Å². The lowest BCUT2D eigenvalue weighted by atomic mass is 10.0. The molecule has 23 heavy (non-hydrogen) atoms. The van der Waals surface area contributed by atoms with E-state index in [1.807, 2.05) is 0 Å². The quantitative estimate of drug-likeness (QED) is 0.684. The van der Waals surface area contributed by atoms with Crippen LogP contribution in [0.25, 0.3) is 0 Å². The van der Waals surface area contributed by atoms with E-state index in [1.165, 1.54) is 25.4 Å². The summed E-state index contributed by atoms with van der Waals surface area (Å²) >= 11 is 0. The summed E-state index contributed by atoms with van der Waals surface area (Å²) in [5.41, 5.74) is -0.371. The number of aliphatic hydroxyl groups is 2. The number of alkyl carbamates (subject to hydrolysis) is 1. The lowest BCUT2D eigenvalue weighted by molar-refractivity contribution is 0.0128. The molecule has 0 aliphatic carbocycles. The number of ether oxygens (including phenoxy) is 2. The second kappa shape index (κ2) is 7.89. The molecule has 0 aliphatic heterocycles. The Bertz CT molecular complexity index is 555. The van der Waals surface area contributed by atoms with E-state index >= 15 is 0 Å². The molecule has 0 saturated carbocycles. The lowest BCUT2D eigenvalue weighted by Gasteiger charge is -2.22. The van der Waals surface area contributed by atoms with Gasteiger partial charge in [-0.3, -0.25) is 0 Å². The first-order valence-electron chi connectivity index (χ1n) is 7.01. The fourth-order valence-corrected chi connectivity index (χ4v) is 1.68. The standard InChI is InChI=1S/C15H22N2O6/c1-15(2,3)23-14(21)17-8-11(18)12(19)9-5-6-16-10(7-9)13(20)22-4/h5-7,11-12,18-19H,8H2,1-4H3,(H,17,21). The van der Waals surface area contributed by atoms with Crippen LogP contribution in [0.3, 0.4) is 0 Å². The summed E-state index contributed by atoms with van der Waals surface area (Å²) in [4.78, 5) is 26.7. The average Bonchev–Trinajstić information content (AvgIpc) is 2.49. The third-order valence-electron chi connectivity index (χ3n) is 2.74. The van der Waals surface area contributed by atoms with Crippen LogP contribution in [-0.2, 0) is 9.47 Å². The van der Waals surface area contributed by atoms with Crippen molar-refractivity contribution in [3.05, 3.63) is 29.6 Å². The molecule has 0 bridgehead atoms. The Kier molecular flexibility index (Phi) is 6.47. The van der Waals surface area contributed by atoms with Crippen LogP contribution < -0.4 is 5.32 Å². The van der Waals surface area contributed by atoms with Crippen LogP contribution in [-0.4, -0.2) is 52.6 Å². The number of hydrogen-bond acceptors (Lipinski definition) is 7. The van der Waals surface area contributed by atoms with Gasteiger partial charge in [0.25, 0.3) is 0 Å². The third-order valence-corrected chi connectivity index (χ3v) is 2.74. The van der Waals surface area contributed by atoms with Gasteiger partial charge in [-0.15, -0.1) is 0 Å². The van der Waals surface area contributed by atoms with Crippen LogP contribution >= 0.6 is 0 Å². The third kappa shape index (κ3) is 6.21. The van der Waals surface area contributed by atoms with Gasteiger partial charge in [0.15, 0.2) is 0 Å². The Morgan fingerprint density at radius 1 is 1.35 bits per heavy atom. The number of nitrogens with zero attached hydrogens (tertiary/aromatic N) is 1. The van der Waals surface area contributed by atoms with Gasteiger partial charge in [0.2, 0.25) is 0 Å². The van der Waals surface area contributed by atoms with Crippen molar-refractivity contribution in [1.29, 1.82) is 0 Å². The number of carbonyl (C=O) groups excluding carboxylic acids is 2. The van der Waals surface area contributed by atoms with Gasteiger partial charge in [0, 0.05) is 12.7 Å². The average molecular weight is 326 g/mol. The molecule has 0 aliphatic rings. The molecule has 128 valence electrons. The molecule has 0 radical (unpaired) electrons. The Balaban J connectivity index is 2.65. The van der Waals surface area contributed by atoms with Gasteiger partial charge in [-0.1, -0.05) is 0 Å². The summed E-state index contributed by atoms with van der Waals surface area (Å²) in [6, 6.07) is 2.76. The van der Waals surface area contributed by atoms with E-state index < -0.39 is 29.9 Å². The molecule has 0 fully saturated rings. The Labute approximate surface area is 134 Å². The van der Waals surface area contributed by atoms with Crippen molar-refractivity contribution in [3.8, 4) is 0 Å². The fourth-order valence-electron chi connectivity index (χ4n) is 1.68. The molecular weight excluding hydrogens is 304 g/mol. The first kappa shape index (κ1) is 18.9. The largest absolute Gasteiger partial charge is 0.464 e. The number of nitrogens with one attached hydrogen (secondary N) is 1. The molecule has 1 aromatic heterocycles. The number of methoxy groups -OCH3 is 1. The van der Waals surface area contributed by atoms with E-state index in [0.717, 1.165) is 0 Å². The predicted molar refractivity (Wildman–Crippen MR) is 80.8 cm³/mol. The van der Waals surface area contributed by atoms with Crippen molar-refractivity contribution in [2.75, 3.05) is 13.7 Å². The molecule has 2 unspecified atom stereocenters. The zero-order valence-corrected chi connectivity index (χ0v) is 13.6. The highest BCUT2D eigenvalue weighted by molar-refractivity contribution is 5.87. The van der Waals surface area contributed by atoms with Gasteiger partial charge >= 0.3 is 12.1 Å². The molecular formula is C15H22N2O6. The summed E-state index contributed by atoms with van der Waals surface area (Å²) in [7, 11) is 1.21. The van der Waals surface area contributed by atoms with Crippen molar-refractivity contribution in [1.82, 2.24) is 10.3 Å². The van der Waals surface area contributed by atoms with Gasteiger partial charge in [0.05, 0.1) is 7.11 Å². The molecule has 1 heterocycles. The minimum atomic E-state index is -1.31. The molecule has 2 atom stereocenters. The maximum absolute atomic E-state index is 11.5.